The summed E-state index contributed by atoms with van der Waals surface area (Å²) in [5.41, 5.74) is 0.131. The Labute approximate surface area is 90.6 Å². The third kappa shape index (κ3) is 2.36. The van der Waals surface area contributed by atoms with Gasteiger partial charge in [0.1, 0.15) is 0 Å². The number of carbonyl (C=O) groups excluding carboxylic acids is 1. The average Bonchev–Trinajstić information content (AvgIpc) is 2.20. The third-order valence-electron chi connectivity index (χ3n) is 1.64. The summed E-state index contributed by atoms with van der Waals surface area (Å²) in [5.74, 6) is -0.955. The van der Waals surface area contributed by atoms with Crippen LogP contribution in [0.1, 0.15) is 11.7 Å². The fourth-order valence-corrected chi connectivity index (χ4v) is 1.22. The van der Waals surface area contributed by atoms with Gasteiger partial charge in [-0.15, -0.1) is 0 Å². The largest absolute Gasteiger partial charge is 0.467 e. The second kappa shape index (κ2) is 4.62. The smallest absolute Gasteiger partial charge is 0.345 e. The van der Waals surface area contributed by atoms with Crippen LogP contribution in [0, 0.1) is 0 Å². The Morgan fingerprint density at radius 3 is 2.57 bits per heavy atom. The van der Waals surface area contributed by atoms with Gasteiger partial charge in [-0.3, -0.25) is 0 Å². The highest BCUT2D eigenvalue weighted by Gasteiger charge is 2.20. The van der Waals surface area contributed by atoms with Gasteiger partial charge in [0.05, 0.1) is 17.2 Å². The Morgan fingerprint density at radius 1 is 1.43 bits per heavy atom. The van der Waals surface area contributed by atoms with Gasteiger partial charge in [0.15, 0.2) is 0 Å². The molecule has 0 aliphatic rings. The zero-order valence-corrected chi connectivity index (χ0v) is 8.77. The molecule has 0 N–H and O–H groups in total. The van der Waals surface area contributed by atoms with E-state index in [1.54, 1.807) is 0 Å². The van der Waals surface area contributed by atoms with E-state index >= 15 is 0 Å². The third-order valence-corrected chi connectivity index (χ3v) is 2.38. The van der Waals surface area contributed by atoms with E-state index in [1.165, 1.54) is 18.2 Å². The maximum absolute atomic E-state index is 13.3. The van der Waals surface area contributed by atoms with Gasteiger partial charge in [0.2, 0.25) is 6.17 Å². The van der Waals surface area contributed by atoms with E-state index < -0.39 is 12.1 Å². The Balaban J connectivity index is 2.96. The van der Waals surface area contributed by atoms with Crippen LogP contribution in [0.25, 0.3) is 0 Å². The summed E-state index contributed by atoms with van der Waals surface area (Å²) in [6.07, 6.45) is -1.82. The van der Waals surface area contributed by atoms with Crippen molar-refractivity contribution in [2.75, 3.05) is 7.11 Å². The highest BCUT2D eigenvalue weighted by Crippen LogP contribution is 2.27. The Kier molecular flexibility index (Phi) is 3.72. The van der Waals surface area contributed by atoms with E-state index in [-0.39, 0.29) is 10.6 Å². The normalized spacial score (nSPS) is 12.3. The molecular weight excluding hydrogens is 230 g/mol. The molecule has 1 atom stereocenters. The van der Waals surface area contributed by atoms with Crippen molar-refractivity contribution in [2.45, 2.75) is 6.17 Å². The van der Waals surface area contributed by atoms with Crippen LogP contribution >= 0.6 is 23.2 Å². The number of carbonyl (C=O) groups is 1. The van der Waals surface area contributed by atoms with E-state index in [9.17, 15) is 9.18 Å². The van der Waals surface area contributed by atoms with Crippen molar-refractivity contribution in [2.24, 2.45) is 0 Å². The lowest BCUT2D eigenvalue weighted by atomic mass is 10.1. The number of esters is 1. The van der Waals surface area contributed by atoms with Crippen LogP contribution in [-0.4, -0.2) is 13.1 Å². The van der Waals surface area contributed by atoms with Gasteiger partial charge >= 0.3 is 5.97 Å². The van der Waals surface area contributed by atoms with Crippen LogP contribution in [0.5, 0.6) is 0 Å². The van der Waals surface area contributed by atoms with E-state index in [0.717, 1.165) is 7.11 Å². The molecule has 0 aliphatic heterocycles. The first kappa shape index (κ1) is 11.3. The van der Waals surface area contributed by atoms with Crippen LogP contribution in [0.2, 0.25) is 10.0 Å². The van der Waals surface area contributed by atoms with Crippen molar-refractivity contribution < 1.29 is 13.9 Å². The topological polar surface area (TPSA) is 26.3 Å². The first-order chi connectivity index (χ1) is 6.56. The minimum absolute atomic E-state index is 0.131. The molecule has 0 aromatic heterocycles. The van der Waals surface area contributed by atoms with Crippen molar-refractivity contribution in [1.29, 1.82) is 0 Å². The van der Waals surface area contributed by atoms with Gasteiger partial charge in [0.25, 0.3) is 0 Å². The molecule has 0 aliphatic carbocycles. The zero-order valence-electron chi connectivity index (χ0n) is 7.26. The number of hydrogen-bond donors (Lipinski definition) is 0. The minimum Gasteiger partial charge on any atom is -0.467 e. The van der Waals surface area contributed by atoms with Gasteiger partial charge < -0.3 is 4.74 Å². The van der Waals surface area contributed by atoms with Crippen LogP contribution in [-0.2, 0) is 9.53 Å². The van der Waals surface area contributed by atoms with Gasteiger partial charge in [-0.05, 0) is 17.7 Å². The summed E-state index contributed by atoms with van der Waals surface area (Å²) in [7, 11) is 1.12. The molecule has 5 heteroatoms. The summed E-state index contributed by atoms with van der Waals surface area (Å²) in [6.45, 7) is 0. The molecule has 0 saturated heterocycles. The van der Waals surface area contributed by atoms with Crippen LogP contribution < -0.4 is 0 Å². The van der Waals surface area contributed by atoms with Crippen LogP contribution in [0.15, 0.2) is 18.2 Å². The lowest BCUT2D eigenvalue weighted by molar-refractivity contribution is -0.146. The Morgan fingerprint density at radius 2 is 2.07 bits per heavy atom. The Bertz CT molecular complexity index is 355. The maximum atomic E-state index is 13.3. The van der Waals surface area contributed by atoms with Crippen molar-refractivity contribution in [3.8, 4) is 0 Å². The zero-order chi connectivity index (χ0) is 10.7. The molecule has 1 unspecified atom stereocenters. The van der Waals surface area contributed by atoms with Crippen molar-refractivity contribution >= 4 is 29.2 Å². The predicted molar refractivity (Wildman–Crippen MR) is 52.3 cm³/mol. The molecule has 0 amide bonds. The van der Waals surface area contributed by atoms with E-state index in [4.69, 9.17) is 23.2 Å². The fourth-order valence-electron chi connectivity index (χ4n) is 0.910. The van der Waals surface area contributed by atoms with Gasteiger partial charge in [-0.2, -0.15) is 0 Å². The van der Waals surface area contributed by atoms with Gasteiger partial charge in [-0.1, -0.05) is 29.3 Å². The van der Waals surface area contributed by atoms with Crippen molar-refractivity contribution in [3.63, 3.8) is 0 Å². The molecule has 0 saturated carbocycles. The second-order valence-electron chi connectivity index (χ2n) is 2.56. The number of methoxy groups -OCH3 is 1. The highest BCUT2D eigenvalue weighted by molar-refractivity contribution is 6.42. The molecule has 1 rings (SSSR count). The lowest BCUT2D eigenvalue weighted by Gasteiger charge is -2.06. The molecule has 0 bridgehead atoms. The molecule has 1 aromatic carbocycles. The molecular formula is C9H7Cl2FO2. The van der Waals surface area contributed by atoms with Crippen LogP contribution in [0.4, 0.5) is 4.39 Å². The lowest BCUT2D eigenvalue weighted by Crippen LogP contribution is -2.09. The highest BCUT2D eigenvalue weighted by atomic mass is 35.5. The van der Waals surface area contributed by atoms with E-state index in [0.29, 0.717) is 5.02 Å². The molecule has 0 spiro atoms. The number of hydrogen-bond acceptors (Lipinski definition) is 2. The molecule has 0 heterocycles. The predicted octanol–water partition coefficient (Wildman–Crippen LogP) is 3.18. The maximum Gasteiger partial charge on any atom is 0.345 e. The number of ether oxygens (including phenoxy) is 1. The molecule has 76 valence electrons. The molecule has 0 fully saturated rings. The Hall–Kier alpha value is -0.800. The van der Waals surface area contributed by atoms with Crippen molar-refractivity contribution in [3.05, 3.63) is 33.8 Å². The first-order valence-corrected chi connectivity index (χ1v) is 4.48. The number of benzene rings is 1. The van der Waals surface area contributed by atoms with Crippen molar-refractivity contribution in [1.82, 2.24) is 0 Å². The average molecular weight is 237 g/mol. The summed E-state index contributed by atoms with van der Waals surface area (Å²) in [6, 6.07) is 4.11. The summed E-state index contributed by atoms with van der Waals surface area (Å²) in [4.78, 5) is 10.8. The summed E-state index contributed by atoms with van der Waals surface area (Å²) >= 11 is 11.3. The molecule has 14 heavy (non-hydrogen) atoms. The first-order valence-electron chi connectivity index (χ1n) is 3.73. The van der Waals surface area contributed by atoms with Gasteiger partial charge in [-0.25, -0.2) is 9.18 Å². The molecule has 2 nitrogen and oxygen atoms in total. The molecule has 1 aromatic rings. The molecule has 0 radical (unpaired) electrons. The number of alkyl halides is 1. The van der Waals surface area contributed by atoms with E-state index in [2.05, 4.69) is 4.74 Å². The van der Waals surface area contributed by atoms with Gasteiger partial charge in [0, 0.05) is 0 Å². The quantitative estimate of drug-likeness (QED) is 0.738. The standard InChI is InChI=1S/C9H7Cl2FO2/c1-14-9(13)8(12)5-2-3-6(10)7(11)4-5/h2-4,8H,1H3. The number of halogens is 3. The SMILES string of the molecule is COC(=O)C(F)c1ccc(Cl)c(Cl)c1. The second-order valence-corrected chi connectivity index (χ2v) is 3.37. The number of rotatable bonds is 2. The minimum atomic E-state index is -1.82. The van der Waals surface area contributed by atoms with Crippen LogP contribution in [0.3, 0.4) is 0 Å². The fraction of sp³-hybridized carbons (Fsp3) is 0.222. The monoisotopic (exact) mass is 236 g/mol. The summed E-state index contributed by atoms with van der Waals surface area (Å²) in [5, 5.41) is 0.517. The summed E-state index contributed by atoms with van der Waals surface area (Å²) < 4.78 is 17.5. The van der Waals surface area contributed by atoms with E-state index in [1.807, 2.05) is 0 Å².